The smallest absolute Gasteiger partial charge is 0.260 e. The van der Waals surface area contributed by atoms with Crippen LogP contribution in [0.25, 0.3) is 16.7 Å². The Kier molecular flexibility index (Phi) is 5.68. The number of benzene rings is 3. The average Bonchev–Trinajstić information content (AvgIpc) is 2.78. The molecule has 0 unspecified atom stereocenters. The van der Waals surface area contributed by atoms with E-state index in [-0.39, 0.29) is 11.5 Å². The molecule has 0 fully saturated rings. The summed E-state index contributed by atoms with van der Waals surface area (Å²) in [7, 11) is 0. The SMILES string of the molecule is CSc1ccccc1-c1ccc2c(c1)C(=CNCc1ccc(O)c(O)c1)C(=O)NC2=O. The first kappa shape index (κ1) is 20.6. The molecule has 3 aromatic carbocycles. The first-order valence-corrected chi connectivity index (χ1v) is 10.8. The van der Waals surface area contributed by atoms with Gasteiger partial charge in [0.1, 0.15) is 0 Å². The average molecular weight is 433 g/mol. The molecular weight excluding hydrogens is 412 g/mol. The van der Waals surface area contributed by atoms with E-state index in [1.54, 1.807) is 30.1 Å². The number of thioether (sulfide) groups is 1. The summed E-state index contributed by atoms with van der Waals surface area (Å²) in [6.45, 7) is 0.322. The highest BCUT2D eigenvalue weighted by atomic mass is 32.2. The van der Waals surface area contributed by atoms with Crippen LogP contribution in [0.5, 0.6) is 11.5 Å². The quantitative estimate of drug-likeness (QED) is 0.211. The van der Waals surface area contributed by atoms with Crippen molar-refractivity contribution in [1.82, 2.24) is 10.6 Å². The number of carbonyl (C=O) groups is 2. The lowest BCUT2D eigenvalue weighted by Gasteiger charge is -2.20. The number of nitrogens with one attached hydrogen (secondary N) is 2. The maximum absolute atomic E-state index is 12.6. The van der Waals surface area contributed by atoms with E-state index in [1.165, 1.54) is 12.1 Å². The molecule has 1 aliphatic rings. The molecule has 7 heteroatoms. The largest absolute Gasteiger partial charge is 0.504 e. The molecule has 0 bridgehead atoms. The van der Waals surface area contributed by atoms with Crippen molar-refractivity contribution < 1.29 is 19.8 Å². The number of phenols is 2. The molecule has 0 aromatic heterocycles. The molecular formula is C24H20N2O4S. The zero-order valence-electron chi connectivity index (χ0n) is 16.7. The molecule has 1 heterocycles. The number of hydrogen-bond donors (Lipinski definition) is 4. The second-order valence-corrected chi connectivity index (χ2v) is 7.85. The van der Waals surface area contributed by atoms with Gasteiger partial charge in [-0.1, -0.05) is 30.3 Å². The molecule has 1 aliphatic heterocycles. The van der Waals surface area contributed by atoms with Crippen LogP contribution < -0.4 is 10.6 Å². The lowest BCUT2D eigenvalue weighted by Crippen LogP contribution is -2.37. The molecule has 0 atom stereocenters. The number of amides is 2. The van der Waals surface area contributed by atoms with Crippen molar-refractivity contribution >= 4 is 29.1 Å². The van der Waals surface area contributed by atoms with Gasteiger partial charge >= 0.3 is 0 Å². The molecule has 3 aromatic rings. The van der Waals surface area contributed by atoms with E-state index in [0.29, 0.717) is 23.2 Å². The highest BCUT2D eigenvalue weighted by Crippen LogP contribution is 2.34. The second kappa shape index (κ2) is 8.57. The van der Waals surface area contributed by atoms with E-state index >= 15 is 0 Å². The third-order valence-corrected chi connectivity index (χ3v) is 5.83. The third-order valence-electron chi connectivity index (χ3n) is 5.04. The fraction of sp³-hybridized carbons (Fsp3) is 0.0833. The standard InChI is InChI=1S/C24H20N2O4S/c1-31-22-5-3-2-4-16(22)15-7-8-17-18(11-15)19(24(30)26-23(17)29)13-25-12-14-6-9-20(27)21(28)10-14/h2-11,13,25,27-28H,12H2,1H3,(H,26,29,30). The summed E-state index contributed by atoms with van der Waals surface area (Å²) in [4.78, 5) is 26.0. The van der Waals surface area contributed by atoms with Gasteiger partial charge in [-0.25, -0.2) is 0 Å². The summed E-state index contributed by atoms with van der Waals surface area (Å²) in [5, 5.41) is 24.5. The summed E-state index contributed by atoms with van der Waals surface area (Å²) in [6.07, 6.45) is 3.57. The van der Waals surface area contributed by atoms with Crippen molar-refractivity contribution in [3.63, 3.8) is 0 Å². The van der Waals surface area contributed by atoms with Gasteiger partial charge in [-0.05, 0) is 53.3 Å². The van der Waals surface area contributed by atoms with Gasteiger partial charge in [0.25, 0.3) is 11.8 Å². The molecule has 31 heavy (non-hydrogen) atoms. The first-order valence-electron chi connectivity index (χ1n) is 9.56. The van der Waals surface area contributed by atoms with Gasteiger partial charge in [-0.3, -0.25) is 14.9 Å². The van der Waals surface area contributed by atoms with Gasteiger partial charge in [-0.15, -0.1) is 11.8 Å². The van der Waals surface area contributed by atoms with Gasteiger partial charge in [0, 0.05) is 28.8 Å². The Balaban J connectivity index is 1.69. The summed E-state index contributed by atoms with van der Waals surface area (Å²) in [6, 6.07) is 18.0. The molecule has 0 saturated heterocycles. The van der Waals surface area contributed by atoms with Crippen molar-refractivity contribution in [2.45, 2.75) is 11.4 Å². The molecule has 6 nitrogen and oxygen atoms in total. The van der Waals surface area contributed by atoms with E-state index in [0.717, 1.165) is 21.6 Å². The molecule has 0 radical (unpaired) electrons. The normalized spacial score (nSPS) is 14.3. The predicted octanol–water partition coefficient (Wildman–Crippen LogP) is 3.89. The highest BCUT2D eigenvalue weighted by Gasteiger charge is 2.27. The van der Waals surface area contributed by atoms with Gasteiger partial charge in [0.2, 0.25) is 0 Å². The lowest BCUT2D eigenvalue weighted by molar-refractivity contribution is -0.114. The van der Waals surface area contributed by atoms with Crippen LogP contribution >= 0.6 is 11.8 Å². The fourth-order valence-electron chi connectivity index (χ4n) is 3.47. The number of rotatable bonds is 5. The van der Waals surface area contributed by atoms with Crippen molar-refractivity contribution in [2.75, 3.05) is 6.26 Å². The summed E-state index contributed by atoms with van der Waals surface area (Å²) >= 11 is 1.63. The van der Waals surface area contributed by atoms with Crippen LogP contribution in [-0.2, 0) is 11.3 Å². The number of hydrogen-bond acceptors (Lipinski definition) is 6. The maximum atomic E-state index is 12.6. The Morgan fingerprint density at radius 3 is 2.48 bits per heavy atom. The predicted molar refractivity (Wildman–Crippen MR) is 121 cm³/mol. The van der Waals surface area contributed by atoms with Gasteiger partial charge in [-0.2, -0.15) is 0 Å². The van der Waals surface area contributed by atoms with E-state index in [9.17, 15) is 19.8 Å². The van der Waals surface area contributed by atoms with Crippen molar-refractivity contribution in [2.24, 2.45) is 0 Å². The molecule has 4 N–H and O–H groups in total. The second-order valence-electron chi connectivity index (χ2n) is 7.01. The number of carbonyl (C=O) groups excluding carboxylic acids is 2. The number of fused-ring (bicyclic) bond motifs is 1. The molecule has 0 spiro atoms. The minimum atomic E-state index is -0.478. The van der Waals surface area contributed by atoms with Crippen molar-refractivity contribution in [1.29, 1.82) is 0 Å². The van der Waals surface area contributed by atoms with Crippen molar-refractivity contribution in [3.05, 3.63) is 83.6 Å². The Bertz CT molecular complexity index is 1220. The van der Waals surface area contributed by atoms with E-state index in [2.05, 4.69) is 10.6 Å². The Morgan fingerprint density at radius 1 is 0.903 bits per heavy atom. The highest BCUT2D eigenvalue weighted by molar-refractivity contribution is 7.98. The zero-order valence-corrected chi connectivity index (χ0v) is 17.5. The Hall–Kier alpha value is -3.71. The van der Waals surface area contributed by atoms with E-state index < -0.39 is 11.8 Å². The van der Waals surface area contributed by atoms with Crippen LogP contribution in [0.4, 0.5) is 0 Å². The number of phenolic OH excluding ortho intramolecular Hbond substituents is 2. The zero-order chi connectivity index (χ0) is 22.0. The molecule has 156 valence electrons. The van der Waals surface area contributed by atoms with Crippen LogP contribution in [-0.4, -0.2) is 28.3 Å². The van der Waals surface area contributed by atoms with Crippen LogP contribution in [0.15, 0.2) is 71.8 Å². The topological polar surface area (TPSA) is 98.7 Å². The third kappa shape index (κ3) is 4.13. The molecule has 0 saturated carbocycles. The maximum Gasteiger partial charge on any atom is 0.260 e. The van der Waals surface area contributed by atoms with Crippen LogP contribution in [0.2, 0.25) is 0 Å². The lowest BCUT2D eigenvalue weighted by atomic mass is 9.91. The number of aromatic hydroxyl groups is 2. The fourth-order valence-corrected chi connectivity index (χ4v) is 4.09. The van der Waals surface area contributed by atoms with E-state index in [1.807, 2.05) is 42.7 Å². The van der Waals surface area contributed by atoms with Crippen LogP contribution in [0, 0.1) is 0 Å². The van der Waals surface area contributed by atoms with E-state index in [4.69, 9.17) is 0 Å². The molecule has 0 aliphatic carbocycles. The van der Waals surface area contributed by atoms with Gasteiger partial charge in [0.05, 0.1) is 5.57 Å². The minimum Gasteiger partial charge on any atom is -0.504 e. The Labute approximate surface area is 183 Å². The van der Waals surface area contributed by atoms with Gasteiger partial charge in [0.15, 0.2) is 11.5 Å². The summed E-state index contributed by atoms with van der Waals surface area (Å²) < 4.78 is 0. The summed E-state index contributed by atoms with van der Waals surface area (Å²) in [5.74, 6) is -1.31. The summed E-state index contributed by atoms with van der Waals surface area (Å²) in [5.41, 5.74) is 4.01. The minimum absolute atomic E-state index is 0.195. The Morgan fingerprint density at radius 2 is 1.71 bits per heavy atom. The van der Waals surface area contributed by atoms with Crippen molar-refractivity contribution in [3.8, 4) is 22.6 Å². The monoisotopic (exact) mass is 432 g/mol. The van der Waals surface area contributed by atoms with Crippen LogP contribution in [0.1, 0.15) is 21.5 Å². The first-order chi connectivity index (χ1) is 15.0. The molecule has 4 rings (SSSR count). The van der Waals surface area contributed by atoms with Crippen LogP contribution in [0.3, 0.4) is 0 Å². The number of imide groups is 1. The molecule has 2 amide bonds. The van der Waals surface area contributed by atoms with Gasteiger partial charge < -0.3 is 15.5 Å².